The normalized spacial score (nSPS) is 10.8. The van der Waals surface area contributed by atoms with Gasteiger partial charge in [-0.3, -0.25) is 0 Å². The Kier molecular flexibility index (Phi) is 3.78. The van der Waals surface area contributed by atoms with E-state index in [1.165, 1.54) is 11.3 Å². The average molecular weight is 371 g/mol. The number of nitrogens with zero attached hydrogens (tertiary/aromatic N) is 3. The molecule has 1 aromatic carbocycles. The van der Waals surface area contributed by atoms with Crippen molar-refractivity contribution in [2.24, 2.45) is 0 Å². The van der Waals surface area contributed by atoms with Crippen LogP contribution in [-0.4, -0.2) is 21.9 Å². The first-order valence-corrected chi connectivity index (χ1v) is 7.68. The second-order valence-electron chi connectivity index (χ2n) is 3.92. The van der Waals surface area contributed by atoms with Crippen molar-refractivity contribution in [1.82, 2.24) is 14.8 Å². The number of methoxy groups -OCH3 is 1. The van der Waals surface area contributed by atoms with Crippen LogP contribution in [0.2, 0.25) is 5.02 Å². The Morgan fingerprint density at radius 1 is 1.40 bits per heavy atom. The third kappa shape index (κ3) is 2.46. The highest BCUT2D eigenvalue weighted by molar-refractivity contribution is 9.11. The SMILES string of the molecule is COc1ccc(Cl)cc1-c1nc(Br)sc1-n1cccn1. The topological polar surface area (TPSA) is 39.9 Å². The molecule has 0 saturated carbocycles. The number of rotatable bonds is 3. The first-order chi connectivity index (χ1) is 9.69. The molecule has 0 unspecified atom stereocenters. The number of hydrogen-bond donors (Lipinski definition) is 0. The van der Waals surface area contributed by atoms with Crippen molar-refractivity contribution >= 4 is 38.9 Å². The van der Waals surface area contributed by atoms with Gasteiger partial charge < -0.3 is 4.74 Å². The molecule has 102 valence electrons. The Labute approximate surface area is 133 Å². The van der Waals surface area contributed by atoms with Crippen LogP contribution in [0.5, 0.6) is 5.75 Å². The zero-order chi connectivity index (χ0) is 14.1. The van der Waals surface area contributed by atoms with Crippen molar-refractivity contribution in [2.45, 2.75) is 0 Å². The van der Waals surface area contributed by atoms with Gasteiger partial charge in [0.1, 0.15) is 16.4 Å². The van der Waals surface area contributed by atoms with Crippen molar-refractivity contribution in [3.05, 3.63) is 45.6 Å². The van der Waals surface area contributed by atoms with Crippen LogP contribution in [0.3, 0.4) is 0 Å². The summed E-state index contributed by atoms with van der Waals surface area (Å²) >= 11 is 11.0. The Morgan fingerprint density at radius 2 is 2.25 bits per heavy atom. The van der Waals surface area contributed by atoms with Crippen LogP contribution in [0, 0.1) is 0 Å². The summed E-state index contributed by atoms with van der Waals surface area (Å²) in [6, 6.07) is 7.33. The van der Waals surface area contributed by atoms with Crippen LogP contribution in [-0.2, 0) is 0 Å². The molecule has 0 saturated heterocycles. The lowest BCUT2D eigenvalue weighted by Crippen LogP contribution is -1.95. The van der Waals surface area contributed by atoms with Crippen LogP contribution in [0.4, 0.5) is 0 Å². The minimum atomic E-state index is 0.635. The monoisotopic (exact) mass is 369 g/mol. The maximum atomic E-state index is 6.09. The van der Waals surface area contributed by atoms with Gasteiger partial charge in [-0.25, -0.2) is 9.67 Å². The number of benzene rings is 1. The lowest BCUT2D eigenvalue weighted by Gasteiger charge is -2.08. The molecular formula is C13H9BrClN3OS. The van der Waals surface area contributed by atoms with Gasteiger partial charge in [0.2, 0.25) is 0 Å². The third-order valence-electron chi connectivity index (χ3n) is 2.71. The molecule has 0 aliphatic heterocycles. The number of hydrogen-bond acceptors (Lipinski definition) is 4. The van der Waals surface area contributed by atoms with E-state index in [0.29, 0.717) is 5.02 Å². The van der Waals surface area contributed by atoms with Gasteiger partial charge in [0.15, 0.2) is 3.92 Å². The van der Waals surface area contributed by atoms with E-state index >= 15 is 0 Å². The van der Waals surface area contributed by atoms with Gasteiger partial charge in [-0.1, -0.05) is 22.9 Å². The summed E-state index contributed by atoms with van der Waals surface area (Å²) in [5, 5.41) is 5.80. The zero-order valence-corrected chi connectivity index (χ0v) is 13.5. The largest absolute Gasteiger partial charge is 0.496 e. The molecule has 20 heavy (non-hydrogen) atoms. The van der Waals surface area contributed by atoms with Crippen molar-refractivity contribution in [1.29, 1.82) is 0 Å². The summed E-state index contributed by atoms with van der Waals surface area (Å²) in [6.45, 7) is 0. The Hall–Kier alpha value is -1.37. The summed E-state index contributed by atoms with van der Waals surface area (Å²) in [5.41, 5.74) is 1.62. The molecule has 7 heteroatoms. The molecule has 0 bridgehead atoms. The molecule has 0 amide bonds. The van der Waals surface area contributed by atoms with Gasteiger partial charge in [0.25, 0.3) is 0 Å². The molecule has 0 fully saturated rings. The fourth-order valence-corrected chi connectivity index (χ4v) is 3.43. The van der Waals surface area contributed by atoms with E-state index in [0.717, 1.165) is 25.9 Å². The van der Waals surface area contributed by atoms with Crippen molar-refractivity contribution in [3.63, 3.8) is 0 Å². The van der Waals surface area contributed by atoms with E-state index in [1.807, 2.05) is 24.4 Å². The maximum Gasteiger partial charge on any atom is 0.161 e. The molecule has 0 aliphatic rings. The summed E-state index contributed by atoms with van der Waals surface area (Å²) in [5.74, 6) is 0.723. The fraction of sp³-hybridized carbons (Fsp3) is 0.0769. The van der Waals surface area contributed by atoms with E-state index < -0.39 is 0 Å². The number of aromatic nitrogens is 3. The molecule has 2 heterocycles. The Balaban J connectivity index is 2.23. The first kappa shape index (κ1) is 13.6. The predicted octanol–water partition coefficient (Wildman–Crippen LogP) is 4.42. The van der Waals surface area contributed by atoms with Crippen LogP contribution < -0.4 is 4.74 Å². The van der Waals surface area contributed by atoms with E-state index in [9.17, 15) is 0 Å². The lowest BCUT2D eigenvalue weighted by atomic mass is 10.1. The minimum Gasteiger partial charge on any atom is -0.496 e. The number of ether oxygens (including phenoxy) is 1. The number of halogens is 2. The van der Waals surface area contributed by atoms with Gasteiger partial charge in [0.05, 0.1) is 7.11 Å². The summed E-state index contributed by atoms with van der Waals surface area (Å²) in [4.78, 5) is 4.52. The van der Waals surface area contributed by atoms with Gasteiger partial charge in [-0.15, -0.1) is 0 Å². The van der Waals surface area contributed by atoms with Crippen LogP contribution in [0.25, 0.3) is 16.3 Å². The molecule has 4 nitrogen and oxygen atoms in total. The fourth-order valence-electron chi connectivity index (χ4n) is 1.87. The van der Waals surface area contributed by atoms with E-state index in [1.54, 1.807) is 24.1 Å². The molecule has 2 aromatic heterocycles. The Bertz CT molecular complexity index is 742. The third-order valence-corrected chi connectivity index (χ3v) is 4.44. The maximum absolute atomic E-state index is 6.09. The van der Waals surface area contributed by atoms with E-state index in [4.69, 9.17) is 16.3 Å². The summed E-state index contributed by atoms with van der Waals surface area (Å²) in [6.07, 6.45) is 3.60. The molecule has 3 aromatic rings. The lowest BCUT2D eigenvalue weighted by molar-refractivity contribution is 0.416. The molecule has 0 aliphatic carbocycles. The average Bonchev–Trinajstić information content (AvgIpc) is 3.07. The first-order valence-electron chi connectivity index (χ1n) is 5.69. The molecule has 0 radical (unpaired) electrons. The second kappa shape index (κ2) is 5.55. The van der Waals surface area contributed by atoms with Crippen molar-refractivity contribution in [2.75, 3.05) is 7.11 Å². The second-order valence-corrected chi connectivity index (χ2v) is 6.61. The highest BCUT2D eigenvalue weighted by Gasteiger charge is 2.18. The molecule has 3 rings (SSSR count). The van der Waals surface area contributed by atoms with Crippen molar-refractivity contribution < 1.29 is 4.74 Å². The van der Waals surface area contributed by atoms with Gasteiger partial charge >= 0.3 is 0 Å². The summed E-state index contributed by atoms with van der Waals surface area (Å²) < 4.78 is 7.95. The minimum absolute atomic E-state index is 0.635. The predicted molar refractivity (Wildman–Crippen MR) is 83.9 cm³/mol. The van der Waals surface area contributed by atoms with Crippen LogP contribution in [0.1, 0.15) is 0 Å². The highest BCUT2D eigenvalue weighted by atomic mass is 79.9. The number of thiazole rings is 1. The molecule has 0 atom stereocenters. The zero-order valence-electron chi connectivity index (χ0n) is 10.4. The van der Waals surface area contributed by atoms with Crippen LogP contribution >= 0.6 is 38.9 Å². The molecule has 0 spiro atoms. The van der Waals surface area contributed by atoms with Crippen molar-refractivity contribution in [3.8, 4) is 22.0 Å². The van der Waals surface area contributed by atoms with Gasteiger partial charge in [-0.05, 0) is 40.2 Å². The van der Waals surface area contributed by atoms with E-state index in [-0.39, 0.29) is 0 Å². The van der Waals surface area contributed by atoms with Crippen LogP contribution in [0.15, 0.2) is 40.6 Å². The highest BCUT2D eigenvalue weighted by Crippen LogP contribution is 2.39. The molecule has 0 N–H and O–H groups in total. The quantitative estimate of drug-likeness (QED) is 0.685. The smallest absolute Gasteiger partial charge is 0.161 e. The Morgan fingerprint density at radius 3 is 2.95 bits per heavy atom. The standard InChI is InChI=1S/C13H9BrClN3OS/c1-19-10-4-3-8(15)7-9(10)11-12(20-13(14)17-11)18-6-2-5-16-18/h2-7H,1H3. The van der Waals surface area contributed by atoms with Gasteiger partial charge in [-0.2, -0.15) is 5.10 Å². The van der Waals surface area contributed by atoms with Gasteiger partial charge in [0, 0.05) is 23.0 Å². The summed E-state index contributed by atoms with van der Waals surface area (Å²) in [7, 11) is 1.63. The molecular weight excluding hydrogens is 362 g/mol. The van der Waals surface area contributed by atoms with E-state index in [2.05, 4.69) is 26.0 Å².